The number of benzene rings is 1. The Morgan fingerprint density at radius 3 is 2.43 bits per heavy atom. The second-order valence-electron chi connectivity index (χ2n) is 4.98. The first-order valence-electron chi connectivity index (χ1n) is 6.26. The molecule has 0 saturated heterocycles. The van der Waals surface area contributed by atoms with Crippen molar-refractivity contribution in [2.45, 2.75) is 24.3 Å². The fraction of sp³-hybridized carbons (Fsp3) is 0.385. The Hall–Kier alpha value is -1.68. The molecule has 0 fully saturated rings. The van der Waals surface area contributed by atoms with Gasteiger partial charge in [0.2, 0.25) is 10.0 Å². The minimum atomic E-state index is -4.21. The highest BCUT2D eigenvalue weighted by atomic mass is 35.5. The van der Waals surface area contributed by atoms with E-state index >= 15 is 0 Å². The summed E-state index contributed by atoms with van der Waals surface area (Å²) in [6.07, 6.45) is 0. The summed E-state index contributed by atoms with van der Waals surface area (Å²) < 4.78 is 31.1. The van der Waals surface area contributed by atoms with Gasteiger partial charge >= 0.3 is 11.9 Å². The lowest BCUT2D eigenvalue weighted by Crippen LogP contribution is -2.46. The fourth-order valence-electron chi connectivity index (χ4n) is 1.56. The number of aliphatic hydroxyl groups is 1. The normalized spacial score (nSPS) is 14.1. The maximum absolute atomic E-state index is 12.3. The van der Waals surface area contributed by atoms with E-state index in [0.717, 1.165) is 20.1 Å². The number of carboxylic acid groups (broad SMARTS) is 1. The molecule has 8 nitrogen and oxygen atoms in total. The van der Waals surface area contributed by atoms with Gasteiger partial charge in [-0.15, -0.1) is 0 Å². The summed E-state index contributed by atoms with van der Waals surface area (Å²) in [4.78, 5) is 22.0. The summed E-state index contributed by atoms with van der Waals surface area (Å²) in [5.74, 6) is -2.36. The lowest BCUT2D eigenvalue weighted by Gasteiger charge is -2.19. The number of carbonyl (C=O) groups is 2. The first-order valence-corrected chi connectivity index (χ1v) is 8.12. The van der Waals surface area contributed by atoms with Crippen molar-refractivity contribution >= 4 is 33.6 Å². The first-order chi connectivity index (χ1) is 10.4. The number of rotatable bonds is 6. The van der Waals surface area contributed by atoms with E-state index in [1.54, 1.807) is 0 Å². The highest BCUT2D eigenvalue weighted by molar-refractivity contribution is 7.89. The number of nitrogens with one attached hydrogen (secondary N) is 1. The van der Waals surface area contributed by atoms with Crippen molar-refractivity contribution in [2.24, 2.45) is 0 Å². The third kappa shape index (κ3) is 4.41. The van der Waals surface area contributed by atoms with Crippen LogP contribution >= 0.6 is 11.6 Å². The Morgan fingerprint density at radius 2 is 1.96 bits per heavy atom. The Kier molecular flexibility index (Phi) is 5.75. The molecule has 0 aromatic heterocycles. The van der Waals surface area contributed by atoms with Gasteiger partial charge < -0.3 is 14.9 Å². The number of sulfonamides is 1. The van der Waals surface area contributed by atoms with Crippen LogP contribution in [0.2, 0.25) is 5.02 Å². The molecule has 3 N–H and O–H groups in total. The Morgan fingerprint density at radius 1 is 1.39 bits per heavy atom. The number of aliphatic carboxylic acids is 1. The molecule has 0 aliphatic heterocycles. The molecule has 1 rings (SSSR count). The van der Waals surface area contributed by atoms with Gasteiger partial charge in [0, 0.05) is 5.02 Å². The summed E-state index contributed by atoms with van der Waals surface area (Å²) in [7, 11) is -3.08. The zero-order valence-corrected chi connectivity index (χ0v) is 14.2. The second kappa shape index (κ2) is 6.83. The number of hydrogen-bond donors (Lipinski definition) is 3. The highest BCUT2D eigenvalue weighted by Gasteiger charge is 2.32. The molecule has 0 amide bonds. The van der Waals surface area contributed by atoms with Crippen molar-refractivity contribution in [1.29, 1.82) is 0 Å². The zero-order chi connectivity index (χ0) is 18.0. The van der Waals surface area contributed by atoms with Gasteiger partial charge in [-0.25, -0.2) is 22.7 Å². The molecule has 0 radical (unpaired) electrons. The number of ether oxygens (including phenoxy) is 1. The maximum atomic E-state index is 12.3. The second-order valence-corrected chi connectivity index (χ2v) is 7.12. The summed E-state index contributed by atoms with van der Waals surface area (Å²) >= 11 is 5.92. The van der Waals surface area contributed by atoms with E-state index in [-0.39, 0.29) is 21.0 Å². The standard InChI is InChI=1S/C13H16ClNO7S/c1-7-9(14)4-8(11(16)22-3)5-10(7)23(20,21)15-6-13(2,19)12(17)18/h4-5,15,19H,6H2,1-3H3,(H,17,18). The van der Waals surface area contributed by atoms with Crippen LogP contribution in [0.4, 0.5) is 0 Å². The molecule has 0 aliphatic rings. The van der Waals surface area contributed by atoms with Crippen LogP contribution in [-0.4, -0.2) is 49.8 Å². The summed E-state index contributed by atoms with van der Waals surface area (Å²) in [5, 5.41) is 18.4. The highest BCUT2D eigenvalue weighted by Crippen LogP contribution is 2.26. The lowest BCUT2D eigenvalue weighted by atomic mass is 10.1. The molecule has 10 heteroatoms. The van der Waals surface area contributed by atoms with Crippen LogP contribution in [0, 0.1) is 6.92 Å². The quantitative estimate of drug-likeness (QED) is 0.627. The average molecular weight is 366 g/mol. The minimum absolute atomic E-state index is 0.0262. The van der Waals surface area contributed by atoms with Crippen LogP contribution < -0.4 is 4.72 Å². The molecule has 0 spiro atoms. The Labute approximate surface area is 138 Å². The van der Waals surface area contributed by atoms with Crippen LogP contribution in [0.15, 0.2) is 17.0 Å². The van der Waals surface area contributed by atoms with Crippen molar-refractivity contribution in [2.75, 3.05) is 13.7 Å². The summed E-state index contributed by atoms with van der Waals surface area (Å²) in [6.45, 7) is 1.61. The van der Waals surface area contributed by atoms with Crippen molar-refractivity contribution in [1.82, 2.24) is 4.72 Å². The van der Waals surface area contributed by atoms with Crippen LogP contribution in [0.5, 0.6) is 0 Å². The Bertz CT molecular complexity index is 743. The average Bonchev–Trinajstić information content (AvgIpc) is 2.46. The molecule has 1 unspecified atom stereocenters. The molecule has 0 saturated carbocycles. The fourth-order valence-corrected chi connectivity index (χ4v) is 3.25. The Balaban J connectivity index is 3.25. The van der Waals surface area contributed by atoms with E-state index < -0.39 is 34.1 Å². The van der Waals surface area contributed by atoms with Crippen LogP contribution in [-0.2, 0) is 19.6 Å². The molecule has 0 heterocycles. The van der Waals surface area contributed by atoms with E-state index in [4.69, 9.17) is 16.7 Å². The zero-order valence-electron chi connectivity index (χ0n) is 12.6. The number of carbonyl (C=O) groups excluding carboxylic acids is 1. The van der Waals surface area contributed by atoms with Gasteiger partial charge in [0.1, 0.15) is 0 Å². The number of halogens is 1. The summed E-state index contributed by atoms with van der Waals surface area (Å²) in [5.41, 5.74) is -2.19. The van der Waals surface area contributed by atoms with E-state index in [1.165, 1.54) is 13.0 Å². The number of hydrogen-bond acceptors (Lipinski definition) is 6. The van der Waals surface area contributed by atoms with Crippen LogP contribution in [0.3, 0.4) is 0 Å². The number of methoxy groups -OCH3 is 1. The lowest BCUT2D eigenvalue weighted by molar-refractivity contribution is -0.155. The number of esters is 1. The van der Waals surface area contributed by atoms with Gasteiger partial charge in [-0.2, -0.15) is 0 Å². The van der Waals surface area contributed by atoms with E-state index in [0.29, 0.717) is 0 Å². The van der Waals surface area contributed by atoms with E-state index in [2.05, 4.69) is 4.74 Å². The van der Waals surface area contributed by atoms with Crippen molar-refractivity contribution in [3.63, 3.8) is 0 Å². The third-order valence-corrected chi connectivity index (χ3v) is 4.99. The molecule has 0 aliphatic carbocycles. The topological polar surface area (TPSA) is 130 Å². The molecular weight excluding hydrogens is 350 g/mol. The SMILES string of the molecule is COC(=O)c1cc(Cl)c(C)c(S(=O)(=O)NCC(C)(O)C(=O)O)c1. The minimum Gasteiger partial charge on any atom is -0.479 e. The predicted molar refractivity (Wildman–Crippen MR) is 81.0 cm³/mol. The molecule has 23 heavy (non-hydrogen) atoms. The maximum Gasteiger partial charge on any atom is 0.337 e. The molecule has 1 aromatic carbocycles. The molecule has 1 atom stereocenters. The van der Waals surface area contributed by atoms with Gasteiger partial charge in [-0.05, 0) is 31.5 Å². The third-order valence-electron chi connectivity index (χ3n) is 3.07. The molecule has 0 bridgehead atoms. The molecule has 128 valence electrons. The van der Waals surface area contributed by atoms with E-state index in [1.807, 2.05) is 4.72 Å². The van der Waals surface area contributed by atoms with Gasteiger partial charge in [0.05, 0.1) is 24.1 Å². The van der Waals surface area contributed by atoms with Gasteiger partial charge in [-0.3, -0.25) is 0 Å². The van der Waals surface area contributed by atoms with Crippen molar-refractivity contribution in [3.05, 3.63) is 28.3 Å². The predicted octanol–water partition coefficient (Wildman–Crippen LogP) is 0.549. The van der Waals surface area contributed by atoms with Crippen LogP contribution in [0.25, 0.3) is 0 Å². The smallest absolute Gasteiger partial charge is 0.337 e. The van der Waals surface area contributed by atoms with Crippen molar-refractivity contribution < 1.29 is 33.0 Å². The monoisotopic (exact) mass is 365 g/mol. The van der Waals surface area contributed by atoms with Gasteiger partial charge in [0.25, 0.3) is 0 Å². The largest absolute Gasteiger partial charge is 0.479 e. The van der Waals surface area contributed by atoms with Crippen LogP contribution in [0.1, 0.15) is 22.8 Å². The summed E-state index contributed by atoms with van der Waals surface area (Å²) in [6, 6.07) is 2.32. The van der Waals surface area contributed by atoms with E-state index in [9.17, 15) is 23.1 Å². The van der Waals surface area contributed by atoms with Crippen molar-refractivity contribution in [3.8, 4) is 0 Å². The molecular formula is C13H16ClNO7S. The molecule has 1 aromatic rings. The first kappa shape index (κ1) is 19.4. The van der Waals surface area contributed by atoms with Gasteiger partial charge in [0.15, 0.2) is 5.60 Å². The number of carboxylic acids is 1. The van der Waals surface area contributed by atoms with Gasteiger partial charge in [-0.1, -0.05) is 11.6 Å².